The van der Waals surface area contributed by atoms with Gasteiger partial charge in [0.2, 0.25) is 0 Å². The van der Waals surface area contributed by atoms with Crippen LogP contribution >= 0.6 is 0 Å². The Hall–Kier alpha value is -2.04. The number of hydrogen-bond acceptors (Lipinski definition) is 3. The van der Waals surface area contributed by atoms with Crippen molar-refractivity contribution >= 4 is 17.0 Å². The normalized spacial score (nSPS) is 17.0. The number of aromatic nitrogens is 2. The number of likely N-dealkylation sites (tertiary alicyclic amines) is 1. The lowest BCUT2D eigenvalue weighted by molar-refractivity contribution is 0.0190. The van der Waals surface area contributed by atoms with Crippen molar-refractivity contribution in [3.63, 3.8) is 0 Å². The van der Waals surface area contributed by atoms with Crippen molar-refractivity contribution in [2.45, 2.75) is 45.3 Å². The molecule has 0 unspecified atom stereocenters. The molecular formula is C17H23N3O2. The molecule has 2 aromatic heterocycles. The van der Waals surface area contributed by atoms with Crippen LogP contribution in [0.2, 0.25) is 0 Å². The van der Waals surface area contributed by atoms with E-state index in [1.54, 1.807) is 0 Å². The molecule has 118 valence electrons. The molecule has 1 saturated heterocycles. The first-order chi connectivity index (χ1) is 10.4. The third-order valence-electron chi connectivity index (χ3n) is 4.03. The molecule has 0 radical (unpaired) electrons. The van der Waals surface area contributed by atoms with Crippen LogP contribution in [0.4, 0.5) is 4.79 Å². The number of rotatable bonds is 1. The van der Waals surface area contributed by atoms with E-state index >= 15 is 0 Å². The van der Waals surface area contributed by atoms with E-state index in [2.05, 4.69) is 27.9 Å². The van der Waals surface area contributed by atoms with Gasteiger partial charge in [0.1, 0.15) is 5.60 Å². The zero-order valence-corrected chi connectivity index (χ0v) is 13.5. The van der Waals surface area contributed by atoms with Crippen LogP contribution in [-0.2, 0) is 4.74 Å². The van der Waals surface area contributed by atoms with Crippen molar-refractivity contribution in [1.29, 1.82) is 0 Å². The highest BCUT2D eigenvalue weighted by molar-refractivity contribution is 5.79. The van der Waals surface area contributed by atoms with Crippen LogP contribution in [0.1, 0.15) is 39.7 Å². The molecule has 22 heavy (non-hydrogen) atoms. The molecule has 3 rings (SSSR count). The van der Waals surface area contributed by atoms with Crippen molar-refractivity contribution < 1.29 is 9.53 Å². The summed E-state index contributed by atoms with van der Waals surface area (Å²) in [5, 5.41) is 1.16. The number of piperidine rings is 1. The molecule has 5 heteroatoms. The van der Waals surface area contributed by atoms with E-state index in [4.69, 9.17) is 4.74 Å². The first-order valence-electron chi connectivity index (χ1n) is 7.82. The van der Waals surface area contributed by atoms with Crippen molar-refractivity contribution in [3.05, 3.63) is 30.7 Å². The highest BCUT2D eigenvalue weighted by Gasteiger charge is 2.27. The minimum Gasteiger partial charge on any atom is -0.444 e. The molecule has 0 bridgehead atoms. The van der Waals surface area contributed by atoms with Gasteiger partial charge in [-0.1, -0.05) is 0 Å². The molecule has 0 spiro atoms. The van der Waals surface area contributed by atoms with Crippen molar-refractivity contribution in [1.82, 2.24) is 14.5 Å². The third kappa shape index (κ3) is 3.08. The molecule has 1 fully saturated rings. The number of hydrogen-bond donors (Lipinski definition) is 0. The Balaban J connectivity index is 1.66. The summed E-state index contributed by atoms with van der Waals surface area (Å²) < 4.78 is 7.75. The van der Waals surface area contributed by atoms with Gasteiger partial charge in [-0.3, -0.25) is 4.98 Å². The number of ether oxygens (including phenoxy) is 1. The van der Waals surface area contributed by atoms with Crippen LogP contribution in [-0.4, -0.2) is 39.2 Å². The quantitative estimate of drug-likeness (QED) is 0.808. The number of pyridine rings is 1. The van der Waals surface area contributed by atoms with Crippen molar-refractivity contribution in [2.75, 3.05) is 13.1 Å². The Kier molecular flexibility index (Phi) is 3.81. The zero-order valence-electron chi connectivity index (χ0n) is 13.5. The first kappa shape index (κ1) is 14.9. The maximum Gasteiger partial charge on any atom is 0.410 e. The fraction of sp³-hybridized carbons (Fsp3) is 0.529. The molecule has 1 aliphatic rings. The van der Waals surface area contributed by atoms with Gasteiger partial charge in [0.05, 0.1) is 5.52 Å². The predicted molar refractivity (Wildman–Crippen MR) is 85.8 cm³/mol. The topological polar surface area (TPSA) is 47.4 Å². The molecule has 0 atom stereocenters. The minimum absolute atomic E-state index is 0.201. The van der Waals surface area contributed by atoms with Crippen LogP contribution < -0.4 is 0 Å². The summed E-state index contributed by atoms with van der Waals surface area (Å²) in [6, 6.07) is 4.58. The molecule has 1 aliphatic heterocycles. The van der Waals surface area contributed by atoms with Gasteiger partial charge in [-0.05, 0) is 45.7 Å². The Morgan fingerprint density at radius 1 is 1.27 bits per heavy atom. The number of amides is 1. The maximum atomic E-state index is 12.1. The second kappa shape index (κ2) is 5.63. The van der Waals surface area contributed by atoms with E-state index < -0.39 is 5.60 Å². The Morgan fingerprint density at radius 2 is 2.00 bits per heavy atom. The summed E-state index contributed by atoms with van der Waals surface area (Å²) in [4.78, 5) is 18.1. The summed E-state index contributed by atoms with van der Waals surface area (Å²) in [5.41, 5.74) is 0.781. The zero-order chi connectivity index (χ0) is 15.7. The molecule has 3 heterocycles. The van der Waals surface area contributed by atoms with Crippen LogP contribution in [0.25, 0.3) is 10.9 Å². The molecule has 0 N–H and O–H groups in total. The number of carbonyl (C=O) groups is 1. The average molecular weight is 301 g/mol. The molecule has 2 aromatic rings. The minimum atomic E-state index is -0.433. The summed E-state index contributed by atoms with van der Waals surface area (Å²) in [6.45, 7) is 7.18. The van der Waals surface area contributed by atoms with Gasteiger partial charge in [-0.2, -0.15) is 0 Å². The van der Waals surface area contributed by atoms with Gasteiger partial charge in [0, 0.05) is 43.1 Å². The van der Waals surface area contributed by atoms with Crippen LogP contribution in [0, 0.1) is 0 Å². The van der Waals surface area contributed by atoms with E-state index in [9.17, 15) is 4.79 Å². The van der Waals surface area contributed by atoms with E-state index in [1.807, 2.05) is 38.1 Å². The number of carbonyl (C=O) groups excluding carboxylic acids is 1. The van der Waals surface area contributed by atoms with Crippen LogP contribution in [0.15, 0.2) is 30.7 Å². The Labute approximate surface area is 130 Å². The molecule has 0 aromatic carbocycles. The molecular weight excluding hydrogens is 278 g/mol. The fourth-order valence-electron chi connectivity index (χ4n) is 2.98. The lowest BCUT2D eigenvalue weighted by Gasteiger charge is -2.34. The van der Waals surface area contributed by atoms with Gasteiger partial charge in [-0.15, -0.1) is 0 Å². The average Bonchev–Trinajstić information content (AvgIpc) is 2.89. The van der Waals surface area contributed by atoms with E-state index in [0.717, 1.165) is 31.3 Å². The van der Waals surface area contributed by atoms with Gasteiger partial charge in [-0.25, -0.2) is 4.79 Å². The first-order valence-corrected chi connectivity index (χ1v) is 7.82. The van der Waals surface area contributed by atoms with E-state index in [1.165, 1.54) is 5.52 Å². The lowest BCUT2D eigenvalue weighted by Crippen LogP contribution is -2.42. The lowest BCUT2D eigenvalue weighted by atomic mass is 10.1. The molecule has 0 aliphatic carbocycles. The summed E-state index contributed by atoms with van der Waals surface area (Å²) in [7, 11) is 0. The molecule has 0 saturated carbocycles. The maximum absolute atomic E-state index is 12.1. The second-order valence-electron chi connectivity index (χ2n) is 6.86. The standard InChI is InChI=1S/C17H23N3O2/c1-17(2,3)22-16(21)19-9-6-14(7-10-19)20-11-5-13-12-18-8-4-15(13)20/h4-5,8,11-12,14H,6-7,9-10H2,1-3H3. The van der Waals surface area contributed by atoms with Gasteiger partial charge in [0.25, 0.3) is 0 Å². The summed E-state index contributed by atoms with van der Waals surface area (Å²) in [5.74, 6) is 0. The summed E-state index contributed by atoms with van der Waals surface area (Å²) in [6.07, 6.45) is 7.54. The van der Waals surface area contributed by atoms with Gasteiger partial charge in [0.15, 0.2) is 0 Å². The van der Waals surface area contributed by atoms with Crippen molar-refractivity contribution in [2.24, 2.45) is 0 Å². The highest BCUT2D eigenvalue weighted by atomic mass is 16.6. The monoisotopic (exact) mass is 301 g/mol. The smallest absolute Gasteiger partial charge is 0.410 e. The van der Waals surface area contributed by atoms with Crippen molar-refractivity contribution in [3.8, 4) is 0 Å². The van der Waals surface area contributed by atoms with Crippen LogP contribution in [0.3, 0.4) is 0 Å². The second-order valence-corrected chi connectivity index (χ2v) is 6.86. The fourth-order valence-corrected chi connectivity index (χ4v) is 2.98. The predicted octanol–water partition coefficient (Wildman–Crippen LogP) is 3.61. The SMILES string of the molecule is CC(C)(C)OC(=O)N1CCC(n2ccc3cnccc32)CC1. The number of nitrogens with zero attached hydrogens (tertiary/aromatic N) is 3. The van der Waals surface area contributed by atoms with E-state index in [0.29, 0.717) is 6.04 Å². The third-order valence-corrected chi connectivity index (χ3v) is 4.03. The largest absolute Gasteiger partial charge is 0.444 e. The molecule has 5 nitrogen and oxygen atoms in total. The van der Waals surface area contributed by atoms with Gasteiger partial charge < -0.3 is 14.2 Å². The molecule has 1 amide bonds. The van der Waals surface area contributed by atoms with E-state index in [-0.39, 0.29) is 6.09 Å². The highest BCUT2D eigenvalue weighted by Crippen LogP contribution is 2.28. The number of fused-ring (bicyclic) bond motifs is 1. The van der Waals surface area contributed by atoms with Crippen LogP contribution in [0.5, 0.6) is 0 Å². The Bertz CT molecular complexity index is 664. The summed E-state index contributed by atoms with van der Waals surface area (Å²) >= 11 is 0. The van der Waals surface area contributed by atoms with Gasteiger partial charge >= 0.3 is 6.09 Å². The Morgan fingerprint density at radius 3 is 2.68 bits per heavy atom.